The third-order valence-corrected chi connectivity index (χ3v) is 4.25. The summed E-state index contributed by atoms with van der Waals surface area (Å²) in [5.41, 5.74) is 2.17. The molecule has 0 aromatic carbocycles. The van der Waals surface area contributed by atoms with E-state index in [4.69, 9.17) is 10.6 Å². The van der Waals surface area contributed by atoms with Crippen molar-refractivity contribution < 1.29 is 13.9 Å². The number of amides is 1. The summed E-state index contributed by atoms with van der Waals surface area (Å²) >= 11 is 0. The molecule has 2 fully saturated rings. The van der Waals surface area contributed by atoms with Gasteiger partial charge in [0.15, 0.2) is 11.6 Å². The fourth-order valence-electron chi connectivity index (χ4n) is 3.21. The number of pyridine rings is 1. The number of carbonyl (C=O) groups excluding carboxylic acids is 1. The monoisotopic (exact) mass is 294 g/mol. The van der Waals surface area contributed by atoms with Crippen molar-refractivity contribution in [2.24, 2.45) is 5.84 Å². The van der Waals surface area contributed by atoms with E-state index in [2.05, 4.69) is 10.4 Å². The van der Waals surface area contributed by atoms with E-state index in [1.54, 1.807) is 4.90 Å². The zero-order valence-electron chi connectivity index (χ0n) is 11.7. The average molecular weight is 294 g/mol. The largest absolute Gasteiger partial charge is 0.374 e. The molecule has 1 aliphatic heterocycles. The number of aromatic nitrogens is 1. The number of carbonyl (C=O) groups is 1. The number of hydrazine groups is 1. The van der Waals surface area contributed by atoms with Gasteiger partial charge in [0.05, 0.1) is 24.3 Å². The van der Waals surface area contributed by atoms with Crippen LogP contribution in [0.4, 0.5) is 10.2 Å². The Labute approximate surface area is 122 Å². The van der Waals surface area contributed by atoms with Gasteiger partial charge in [-0.2, -0.15) is 0 Å². The second-order valence-electron chi connectivity index (χ2n) is 5.43. The molecule has 1 saturated heterocycles. The lowest BCUT2D eigenvalue weighted by Gasteiger charge is -2.43. The van der Waals surface area contributed by atoms with Gasteiger partial charge >= 0.3 is 0 Å². The fourth-order valence-corrected chi connectivity index (χ4v) is 3.21. The Bertz CT molecular complexity index is 538. The van der Waals surface area contributed by atoms with E-state index in [-0.39, 0.29) is 29.4 Å². The first-order valence-electron chi connectivity index (χ1n) is 7.26. The number of rotatable bonds is 2. The van der Waals surface area contributed by atoms with Gasteiger partial charge < -0.3 is 15.1 Å². The van der Waals surface area contributed by atoms with Gasteiger partial charge in [-0.05, 0) is 18.9 Å². The first-order valence-corrected chi connectivity index (χ1v) is 7.26. The summed E-state index contributed by atoms with van der Waals surface area (Å²) in [7, 11) is 0. The number of morpholine rings is 1. The predicted molar refractivity (Wildman–Crippen MR) is 75.0 cm³/mol. The van der Waals surface area contributed by atoms with Crippen LogP contribution < -0.4 is 11.3 Å². The molecule has 1 aromatic heterocycles. The van der Waals surface area contributed by atoms with Crippen LogP contribution in [0.15, 0.2) is 12.3 Å². The van der Waals surface area contributed by atoms with E-state index >= 15 is 0 Å². The molecule has 0 radical (unpaired) electrons. The summed E-state index contributed by atoms with van der Waals surface area (Å²) in [5.74, 6) is 4.07. The van der Waals surface area contributed by atoms with Crippen LogP contribution >= 0.6 is 0 Å². The van der Waals surface area contributed by atoms with Crippen LogP contribution in [-0.4, -0.2) is 41.1 Å². The first-order chi connectivity index (χ1) is 10.2. The van der Waals surface area contributed by atoms with Gasteiger partial charge in [-0.1, -0.05) is 12.8 Å². The van der Waals surface area contributed by atoms with Crippen LogP contribution in [0.2, 0.25) is 0 Å². The van der Waals surface area contributed by atoms with Crippen molar-refractivity contribution in [3.63, 3.8) is 0 Å². The molecule has 6 nitrogen and oxygen atoms in total. The van der Waals surface area contributed by atoms with E-state index in [0.717, 1.165) is 25.7 Å². The molecule has 1 aromatic rings. The van der Waals surface area contributed by atoms with Crippen LogP contribution in [0, 0.1) is 5.82 Å². The number of anilines is 1. The van der Waals surface area contributed by atoms with E-state index < -0.39 is 5.82 Å². The van der Waals surface area contributed by atoms with Gasteiger partial charge in [0.2, 0.25) is 0 Å². The Hall–Kier alpha value is -1.73. The SMILES string of the molecule is NNc1nccc(C(=O)N2CCOC3CCCCC32)c1F. The van der Waals surface area contributed by atoms with E-state index in [1.807, 2.05) is 0 Å². The van der Waals surface area contributed by atoms with Gasteiger partial charge in [0.1, 0.15) is 0 Å². The van der Waals surface area contributed by atoms with Crippen LogP contribution in [-0.2, 0) is 4.74 Å². The van der Waals surface area contributed by atoms with Crippen molar-refractivity contribution in [1.82, 2.24) is 9.88 Å². The average Bonchev–Trinajstić information content (AvgIpc) is 2.54. The summed E-state index contributed by atoms with van der Waals surface area (Å²) in [5, 5.41) is 0. The number of fused-ring (bicyclic) bond motifs is 1. The maximum absolute atomic E-state index is 14.2. The third-order valence-electron chi connectivity index (χ3n) is 4.25. The highest BCUT2D eigenvalue weighted by atomic mass is 19.1. The molecule has 114 valence electrons. The normalized spacial score (nSPS) is 25.3. The highest BCUT2D eigenvalue weighted by molar-refractivity contribution is 5.95. The molecule has 1 saturated carbocycles. The lowest BCUT2D eigenvalue weighted by atomic mass is 9.89. The maximum atomic E-state index is 14.2. The van der Waals surface area contributed by atoms with Gasteiger partial charge in [0, 0.05) is 12.7 Å². The summed E-state index contributed by atoms with van der Waals surface area (Å²) < 4.78 is 20.0. The second kappa shape index (κ2) is 5.95. The molecule has 0 bridgehead atoms. The minimum atomic E-state index is -0.705. The smallest absolute Gasteiger partial charge is 0.257 e. The highest BCUT2D eigenvalue weighted by Crippen LogP contribution is 2.30. The van der Waals surface area contributed by atoms with Crippen LogP contribution in [0.5, 0.6) is 0 Å². The number of nitrogens with one attached hydrogen (secondary N) is 1. The summed E-state index contributed by atoms with van der Waals surface area (Å²) in [6.45, 7) is 0.995. The standard InChI is InChI=1S/C14H19FN4O2/c15-12-9(5-6-17-13(12)18-16)14(20)19-7-8-21-11-4-2-1-3-10(11)19/h5-6,10-11H,1-4,7-8,16H2,(H,17,18). The molecular weight excluding hydrogens is 275 g/mol. The summed E-state index contributed by atoms with van der Waals surface area (Å²) in [6, 6.07) is 1.44. The Kier molecular flexibility index (Phi) is 4.03. The van der Waals surface area contributed by atoms with Crippen LogP contribution in [0.3, 0.4) is 0 Å². The number of halogens is 1. The van der Waals surface area contributed by atoms with Crippen LogP contribution in [0.1, 0.15) is 36.0 Å². The number of ether oxygens (including phenoxy) is 1. The maximum Gasteiger partial charge on any atom is 0.257 e. The lowest BCUT2D eigenvalue weighted by Crippen LogP contribution is -2.55. The number of hydrogen-bond acceptors (Lipinski definition) is 5. The molecule has 2 heterocycles. The van der Waals surface area contributed by atoms with Crippen molar-refractivity contribution >= 4 is 11.7 Å². The predicted octanol–water partition coefficient (Wildman–Crippen LogP) is 1.29. The number of hydrogen-bond donors (Lipinski definition) is 2. The van der Waals surface area contributed by atoms with Crippen molar-refractivity contribution in [2.75, 3.05) is 18.6 Å². The van der Waals surface area contributed by atoms with Crippen molar-refractivity contribution in [1.29, 1.82) is 0 Å². The molecule has 2 atom stereocenters. The lowest BCUT2D eigenvalue weighted by molar-refractivity contribution is -0.0753. The fraction of sp³-hybridized carbons (Fsp3) is 0.571. The molecule has 7 heteroatoms. The van der Waals surface area contributed by atoms with Crippen molar-refractivity contribution in [2.45, 2.75) is 37.8 Å². The molecule has 3 rings (SSSR count). The molecule has 2 aliphatic rings. The molecule has 0 spiro atoms. The minimum Gasteiger partial charge on any atom is -0.374 e. The molecule has 1 amide bonds. The minimum absolute atomic E-state index is 0.00386. The topological polar surface area (TPSA) is 80.5 Å². The van der Waals surface area contributed by atoms with E-state index in [0.29, 0.717) is 13.2 Å². The zero-order valence-corrected chi connectivity index (χ0v) is 11.7. The van der Waals surface area contributed by atoms with Gasteiger partial charge in [0.25, 0.3) is 5.91 Å². The van der Waals surface area contributed by atoms with Gasteiger partial charge in [-0.3, -0.25) is 4.79 Å². The van der Waals surface area contributed by atoms with Crippen molar-refractivity contribution in [3.05, 3.63) is 23.6 Å². The van der Waals surface area contributed by atoms with E-state index in [9.17, 15) is 9.18 Å². The third kappa shape index (κ3) is 2.58. The Balaban J connectivity index is 1.87. The Morgan fingerprint density at radius 1 is 1.48 bits per heavy atom. The van der Waals surface area contributed by atoms with Gasteiger partial charge in [-0.15, -0.1) is 0 Å². The molecule has 1 aliphatic carbocycles. The number of nitrogens with zero attached hydrogens (tertiary/aromatic N) is 2. The number of nitrogen functional groups attached to an aromatic ring is 1. The quantitative estimate of drug-likeness (QED) is 0.634. The molecule has 21 heavy (non-hydrogen) atoms. The Morgan fingerprint density at radius 2 is 2.29 bits per heavy atom. The second-order valence-corrected chi connectivity index (χ2v) is 5.43. The van der Waals surface area contributed by atoms with Gasteiger partial charge in [-0.25, -0.2) is 15.2 Å². The summed E-state index contributed by atoms with van der Waals surface area (Å²) in [4.78, 5) is 18.2. The highest BCUT2D eigenvalue weighted by Gasteiger charge is 2.37. The molecule has 3 N–H and O–H groups in total. The van der Waals surface area contributed by atoms with E-state index in [1.165, 1.54) is 12.3 Å². The molecule has 2 unspecified atom stereocenters. The number of nitrogens with two attached hydrogens (primary N) is 1. The summed E-state index contributed by atoms with van der Waals surface area (Å²) in [6.07, 6.45) is 5.52. The zero-order chi connectivity index (χ0) is 14.8. The van der Waals surface area contributed by atoms with Crippen molar-refractivity contribution in [3.8, 4) is 0 Å². The molecular formula is C14H19FN4O2. The first kappa shape index (κ1) is 14.2. The Morgan fingerprint density at radius 3 is 3.10 bits per heavy atom. The van der Waals surface area contributed by atoms with Crippen LogP contribution in [0.25, 0.3) is 0 Å².